The number of nitrogens with one attached hydrogen (secondary N) is 1. The number of hydrogen-bond donors (Lipinski definition) is 1. The van der Waals surface area contributed by atoms with Crippen LogP contribution < -0.4 is 5.32 Å². The molecule has 0 aliphatic heterocycles. The molecule has 0 bridgehead atoms. The Balaban J connectivity index is 3.05. The predicted octanol–water partition coefficient (Wildman–Crippen LogP) is 3.97. The van der Waals surface area contributed by atoms with Crippen molar-refractivity contribution in [2.24, 2.45) is 5.41 Å². The second-order valence-electron chi connectivity index (χ2n) is 7.08. The molecule has 1 rings (SSSR count). The molecule has 0 radical (unpaired) electrons. The lowest BCUT2D eigenvalue weighted by molar-refractivity contribution is -0.142. The van der Waals surface area contributed by atoms with Crippen molar-refractivity contribution in [3.63, 3.8) is 0 Å². The number of amides is 1. The molecule has 1 amide bonds. The number of ether oxygens (including phenoxy) is 2. The summed E-state index contributed by atoms with van der Waals surface area (Å²) >= 11 is 1.34. The van der Waals surface area contributed by atoms with Gasteiger partial charge < -0.3 is 14.8 Å². The molecule has 0 saturated heterocycles. The van der Waals surface area contributed by atoms with E-state index in [-0.39, 0.29) is 17.9 Å². The zero-order valence-electron chi connectivity index (χ0n) is 15.7. The molecule has 0 fully saturated rings. The average molecular weight is 369 g/mol. The van der Waals surface area contributed by atoms with Crippen molar-refractivity contribution in [2.45, 2.75) is 53.4 Å². The van der Waals surface area contributed by atoms with Crippen LogP contribution in [0.3, 0.4) is 0 Å². The van der Waals surface area contributed by atoms with Crippen molar-refractivity contribution >= 4 is 34.2 Å². The maximum atomic E-state index is 12.2. The third-order valence-electron chi connectivity index (χ3n) is 3.44. The zero-order valence-corrected chi connectivity index (χ0v) is 16.5. The van der Waals surface area contributed by atoms with E-state index in [9.17, 15) is 14.4 Å². The van der Waals surface area contributed by atoms with Gasteiger partial charge in [-0.2, -0.15) is 0 Å². The summed E-state index contributed by atoms with van der Waals surface area (Å²) in [7, 11) is 1.22. The van der Waals surface area contributed by atoms with Crippen molar-refractivity contribution < 1.29 is 23.9 Å². The number of methoxy groups -OCH3 is 1. The first-order valence-corrected chi connectivity index (χ1v) is 9.06. The number of carbonyl (C=O) groups is 3. The van der Waals surface area contributed by atoms with Gasteiger partial charge in [0.05, 0.1) is 19.3 Å². The summed E-state index contributed by atoms with van der Waals surface area (Å²) in [6.07, 6.45) is 0.537. The Bertz CT molecular complexity index is 630. The number of thiophene rings is 1. The maximum Gasteiger partial charge on any atom is 0.341 e. The molecule has 1 N–H and O–H groups in total. The summed E-state index contributed by atoms with van der Waals surface area (Å²) in [6.45, 7) is 10.5. The molecule has 0 spiro atoms. The Morgan fingerprint density at radius 3 is 2.44 bits per heavy atom. The third kappa shape index (κ3) is 6.86. The Morgan fingerprint density at radius 1 is 1.28 bits per heavy atom. The van der Waals surface area contributed by atoms with E-state index in [0.29, 0.717) is 10.6 Å². The fraction of sp³-hybridized carbons (Fsp3) is 0.611. The van der Waals surface area contributed by atoms with Gasteiger partial charge in [-0.3, -0.25) is 9.59 Å². The zero-order chi connectivity index (χ0) is 19.2. The third-order valence-corrected chi connectivity index (χ3v) is 4.72. The van der Waals surface area contributed by atoms with Crippen LogP contribution in [0.2, 0.25) is 0 Å². The normalized spacial score (nSPS) is 12.4. The van der Waals surface area contributed by atoms with E-state index in [1.165, 1.54) is 18.4 Å². The minimum Gasteiger partial charge on any atom is -0.469 e. The number of esters is 2. The Morgan fingerprint density at radius 2 is 1.92 bits per heavy atom. The van der Waals surface area contributed by atoms with Gasteiger partial charge in [0.15, 0.2) is 0 Å². The van der Waals surface area contributed by atoms with E-state index in [4.69, 9.17) is 4.74 Å². The lowest BCUT2D eigenvalue weighted by atomic mass is 9.85. The van der Waals surface area contributed by atoms with Gasteiger partial charge in [0, 0.05) is 4.88 Å². The molecule has 0 aromatic carbocycles. The quantitative estimate of drug-likeness (QED) is 0.581. The van der Waals surface area contributed by atoms with E-state index in [1.807, 2.05) is 0 Å². The highest BCUT2D eigenvalue weighted by Gasteiger charge is 2.24. The van der Waals surface area contributed by atoms with Crippen LogP contribution in [0.15, 0.2) is 6.07 Å². The molecule has 0 saturated carbocycles. The van der Waals surface area contributed by atoms with E-state index in [1.54, 1.807) is 13.0 Å². The van der Waals surface area contributed by atoms with Crippen LogP contribution >= 0.6 is 11.3 Å². The van der Waals surface area contributed by atoms with Gasteiger partial charge in [-0.05, 0) is 30.7 Å². The molecule has 6 nitrogen and oxygen atoms in total. The van der Waals surface area contributed by atoms with Gasteiger partial charge in [-0.25, -0.2) is 4.79 Å². The minimum atomic E-state index is -0.631. The van der Waals surface area contributed by atoms with Crippen LogP contribution in [-0.4, -0.2) is 31.6 Å². The van der Waals surface area contributed by atoms with Gasteiger partial charge in [0.25, 0.3) is 0 Å². The summed E-state index contributed by atoms with van der Waals surface area (Å²) in [5, 5.41) is 3.04. The highest BCUT2D eigenvalue weighted by atomic mass is 32.1. The number of hydrogen-bond acceptors (Lipinski definition) is 6. The van der Waals surface area contributed by atoms with Gasteiger partial charge in [0.1, 0.15) is 11.4 Å². The molecule has 0 aliphatic carbocycles. The smallest absolute Gasteiger partial charge is 0.341 e. The van der Waals surface area contributed by atoms with Crippen LogP contribution in [0.4, 0.5) is 5.00 Å². The van der Waals surface area contributed by atoms with Crippen LogP contribution in [-0.2, 0) is 19.1 Å². The monoisotopic (exact) mass is 369 g/mol. The summed E-state index contributed by atoms with van der Waals surface area (Å²) in [5.41, 5.74) is 0.461. The van der Waals surface area contributed by atoms with Crippen molar-refractivity contribution in [1.82, 2.24) is 0 Å². The van der Waals surface area contributed by atoms with Crippen molar-refractivity contribution in [1.29, 1.82) is 0 Å². The van der Waals surface area contributed by atoms with Gasteiger partial charge in [-0.1, -0.05) is 27.7 Å². The first kappa shape index (κ1) is 21.2. The maximum absolute atomic E-state index is 12.2. The van der Waals surface area contributed by atoms with E-state index in [2.05, 4.69) is 37.7 Å². The van der Waals surface area contributed by atoms with E-state index >= 15 is 0 Å². The summed E-state index contributed by atoms with van der Waals surface area (Å²) in [6, 6.07) is 1.77. The van der Waals surface area contributed by atoms with E-state index < -0.39 is 24.3 Å². The standard InChI is InChI=1S/C18H27NO5S/c1-7-24-17(22)12-8-13(11(2)10-18(3,4)5)25-16(12)19-14(20)9-15(21)23-6/h8,11H,7,9-10H2,1-6H3,(H,19,20). The second-order valence-corrected chi connectivity index (χ2v) is 8.16. The molecule has 7 heteroatoms. The van der Waals surface area contributed by atoms with Gasteiger partial charge in [-0.15, -0.1) is 11.3 Å². The topological polar surface area (TPSA) is 81.7 Å². The lowest BCUT2D eigenvalue weighted by Gasteiger charge is -2.22. The highest BCUT2D eigenvalue weighted by Crippen LogP contribution is 2.38. The molecule has 1 heterocycles. The number of carbonyl (C=O) groups excluding carboxylic acids is 3. The first-order chi connectivity index (χ1) is 11.6. The molecule has 140 valence electrons. The summed E-state index contributed by atoms with van der Waals surface area (Å²) < 4.78 is 9.56. The Hall–Kier alpha value is -1.89. The fourth-order valence-corrected chi connectivity index (χ4v) is 3.61. The first-order valence-electron chi connectivity index (χ1n) is 8.25. The van der Waals surface area contributed by atoms with Crippen molar-refractivity contribution in [2.75, 3.05) is 19.0 Å². The molecular formula is C18H27NO5S. The second kappa shape index (κ2) is 8.99. The van der Waals surface area contributed by atoms with Crippen LogP contribution in [0.5, 0.6) is 0 Å². The van der Waals surface area contributed by atoms with Crippen molar-refractivity contribution in [3.05, 3.63) is 16.5 Å². The molecule has 1 aromatic heterocycles. The molecule has 1 unspecified atom stereocenters. The molecule has 0 aliphatic rings. The molecule has 1 aromatic rings. The predicted molar refractivity (Wildman–Crippen MR) is 98.0 cm³/mol. The lowest BCUT2D eigenvalue weighted by Crippen LogP contribution is -2.18. The minimum absolute atomic E-state index is 0.141. The molecule has 25 heavy (non-hydrogen) atoms. The van der Waals surface area contributed by atoms with Gasteiger partial charge in [0.2, 0.25) is 5.91 Å². The van der Waals surface area contributed by atoms with Crippen LogP contribution in [0.25, 0.3) is 0 Å². The van der Waals surface area contributed by atoms with Gasteiger partial charge >= 0.3 is 11.9 Å². The number of anilines is 1. The fourth-order valence-electron chi connectivity index (χ4n) is 2.50. The SMILES string of the molecule is CCOC(=O)c1cc(C(C)CC(C)(C)C)sc1NC(=O)CC(=O)OC. The van der Waals surface area contributed by atoms with Crippen LogP contribution in [0.1, 0.15) is 68.6 Å². The van der Waals surface area contributed by atoms with Crippen LogP contribution in [0, 0.1) is 5.41 Å². The summed E-state index contributed by atoms with van der Waals surface area (Å²) in [4.78, 5) is 36.4. The largest absolute Gasteiger partial charge is 0.469 e. The summed E-state index contributed by atoms with van der Waals surface area (Å²) in [5.74, 6) is -1.41. The average Bonchev–Trinajstić information content (AvgIpc) is 2.89. The number of rotatable bonds is 7. The van der Waals surface area contributed by atoms with E-state index in [0.717, 1.165) is 11.3 Å². The Labute approximate surface area is 152 Å². The molecular weight excluding hydrogens is 342 g/mol. The Kier molecular flexibility index (Phi) is 7.60. The van der Waals surface area contributed by atoms with Crippen molar-refractivity contribution in [3.8, 4) is 0 Å². The molecule has 1 atom stereocenters. The highest BCUT2D eigenvalue weighted by molar-refractivity contribution is 7.16.